The van der Waals surface area contributed by atoms with E-state index in [0.29, 0.717) is 10.6 Å². The lowest BCUT2D eigenvalue weighted by Crippen LogP contribution is -2.42. The van der Waals surface area contributed by atoms with Gasteiger partial charge in [0, 0.05) is 18.4 Å². The fourth-order valence-corrected chi connectivity index (χ4v) is 1.99. The Morgan fingerprint density at radius 2 is 2.25 bits per heavy atom. The van der Waals surface area contributed by atoms with Crippen molar-refractivity contribution in [1.29, 1.82) is 0 Å². The van der Waals surface area contributed by atoms with E-state index in [-0.39, 0.29) is 11.9 Å². The van der Waals surface area contributed by atoms with Crippen LogP contribution in [0.3, 0.4) is 0 Å². The van der Waals surface area contributed by atoms with E-state index in [2.05, 4.69) is 15.6 Å². The summed E-state index contributed by atoms with van der Waals surface area (Å²) >= 11 is 5.90. The second-order valence-corrected chi connectivity index (χ2v) is 4.26. The molecule has 0 spiro atoms. The summed E-state index contributed by atoms with van der Waals surface area (Å²) in [5, 5.41) is 6.63. The van der Waals surface area contributed by atoms with Crippen LogP contribution in [-0.4, -0.2) is 30.0 Å². The highest BCUT2D eigenvalue weighted by atomic mass is 35.5. The third kappa shape index (κ3) is 2.71. The van der Waals surface area contributed by atoms with Crippen LogP contribution in [0.15, 0.2) is 18.5 Å². The number of halogens is 1. The molecule has 2 rings (SSSR count). The van der Waals surface area contributed by atoms with E-state index >= 15 is 0 Å². The molecule has 2 N–H and O–H groups in total. The average Bonchev–Trinajstić information content (AvgIpc) is 2.31. The van der Waals surface area contributed by atoms with Crippen LogP contribution >= 0.6 is 11.6 Å². The van der Waals surface area contributed by atoms with Crippen molar-refractivity contribution >= 4 is 17.5 Å². The van der Waals surface area contributed by atoms with Gasteiger partial charge in [0.25, 0.3) is 5.91 Å². The molecule has 0 aliphatic carbocycles. The Kier molecular flexibility index (Phi) is 3.74. The van der Waals surface area contributed by atoms with Crippen molar-refractivity contribution in [2.75, 3.05) is 13.1 Å². The molecular weight excluding hydrogens is 226 g/mol. The second-order valence-electron chi connectivity index (χ2n) is 3.85. The van der Waals surface area contributed by atoms with Crippen molar-refractivity contribution in [1.82, 2.24) is 15.6 Å². The number of carbonyl (C=O) groups excluding carboxylic acids is 1. The summed E-state index contributed by atoms with van der Waals surface area (Å²) in [6.45, 7) is 1.91. The molecule has 1 aromatic heterocycles. The van der Waals surface area contributed by atoms with Crippen LogP contribution in [0.2, 0.25) is 5.02 Å². The van der Waals surface area contributed by atoms with E-state index in [4.69, 9.17) is 11.6 Å². The SMILES string of the molecule is O=C(NC1CCNCC1)c1ccncc1Cl. The lowest BCUT2D eigenvalue weighted by molar-refractivity contribution is 0.0929. The molecule has 0 unspecified atom stereocenters. The van der Waals surface area contributed by atoms with Gasteiger partial charge >= 0.3 is 0 Å². The van der Waals surface area contributed by atoms with Crippen molar-refractivity contribution in [3.8, 4) is 0 Å². The predicted molar refractivity (Wildman–Crippen MR) is 62.6 cm³/mol. The first-order valence-corrected chi connectivity index (χ1v) is 5.76. The number of hydrogen-bond donors (Lipinski definition) is 2. The molecule has 1 aliphatic rings. The Morgan fingerprint density at radius 3 is 2.94 bits per heavy atom. The molecule has 1 saturated heterocycles. The van der Waals surface area contributed by atoms with Crippen molar-refractivity contribution in [2.45, 2.75) is 18.9 Å². The molecule has 5 heteroatoms. The molecule has 1 amide bonds. The van der Waals surface area contributed by atoms with Crippen molar-refractivity contribution in [2.24, 2.45) is 0 Å². The number of nitrogens with one attached hydrogen (secondary N) is 2. The van der Waals surface area contributed by atoms with Gasteiger partial charge in [-0.1, -0.05) is 11.6 Å². The van der Waals surface area contributed by atoms with Crippen LogP contribution in [0.25, 0.3) is 0 Å². The predicted octanol–water partition coefficient (Wildman–Crippen LogP) is 1.22. The molecule has 0 radical (unpaired) electrons. The van der Waals surface area contributed by atoms with Gasteiger partial charge in [-0.15, -0.1) is 0 Å². The summed E-state index contributed by atoms with van der Waals surface area (Å²) in [5.41, 5.74) is 0.496. The fourth-order valence-electron chi connectivity index (χ4n) is 1.79. The largest absolute Gasteiger partial charge is 0.349 e. The van der Waals surface area contributed by atoms with Gasteiger partial charge in [0.2, 0.25) is 0 Å². The van der Waals surface area contributed by atoms with Gasteiger partial charge in [-0.2, -0.15) is 0 Å². The molecule has 2 heterocycles. The van der Waals surface area contributed by atoms with Crippen LogP contribution in [0, 0.1) is 0 Å². The van der Waals surface area contributed by atoms with E-state index in [9.17, 15) is 4.79 Å². The molecule has 4 nitrogen and oxygen atoms in total. The highest BCUT2D eigenvalue weighted by molar-refractivity contribution is 6.33. The fraction of sp³-hybridized carbons (Fsp3) is 0.455. The van der Waals surface area contributed by atoms with Gasteiger partial charge in [0.05, 0.1) is 10.6 Å². The lowest BCUT2D eigenvalue weighted by Gasteiger charge is -2.23. The van der Waals surface area contributed by atoms with E-state index < -0.39 is 0 Å². The van der Waals surface area contributed by atoms with Crippen molar-refractivity contribution in [3.05, 3.63) is 29.0 Å². The number of piperidine rings is 1. The van der Waals surface area contributed by atoms with Crippen LogP contribution in [0.4, 0.5) is 0 Å². The third-order valence-corrected chi connectivity index (χ3v) is 2.99. The smallest absolute Gasteiger partial charge is 0.253 e. The van der Waals surface area contributed by atoms with Crippen molar-refractivity contribution < 1.29 is 4.79 Å². The number of carbonyl (C=O) groups is 1. The molecule has 0 saturated carbocycles. The van der Waals surface area contributed by atoms with Crippen LogP contribution < -0.4 is 10.6 Å². The standard InChI is InChI=1S/C11H14ClN3O/c12-10-7-14-6-3-9(10)11(16)15-8-1-4-13-5-2-8/h3,6-8,13H,1-2,4-5H2,(H,15,16). The number of hydrogen-bond acceptors (Lipinski definition) is 3. The minimum atomic E-state index is -0.112. The van der Waals surface area contributed by atoms with E-state index in [1.54, 1.807) is 12.3 Å². The first-order valence-electron chi connectivity index (χ1n) is 5.38. The summed E-state index contributed by atoms with van der Waals surface area (Å²) in [4.78, 5) is 15.7. The number of amides is 1. The zero-order chi connectivity index (χ0) is 11.4. The Balaban J connectivity index is 2.00. The van der Waals surface area contributed by atoms with E-state index in [1.807, 2.05) is 0 Å². The Labute approximate surface area is 99.4 Å². The topological polar surface area (TPSA) is 54.0 Å². The lowest BCUT2D eigenvalue weighted by atomic mass is 10.1. The minimum Gasteiger partial charge on any atom is -0.349 e. The van der Waals surface area contributed by atoms with Gasteiger partial charge in [-0.3, -0.25) is 9.78 Å². The first kappa shape index (κ1) is 11.4. The quantitative estimate of drug-likeness (QED) is 0.816. The average molecular weight is 240 g/mol. The molecule has 1 aliphatic heterocycles. The molecule has 0 atom stereocenters. The van der Waals surface area contributed by atoms with Gasteiger partial charge in [-0.05, 0) is 32.0 Å². The summed E-state index contributed by atoms with van der Waals surface area (Å²) in [7, 11) is 0. The normalized spacial score (nSPS) is 17.1. The third-order valence-electron chi connectivity index (χ3n) is 2.69. The van der Waals surface area contributed by atoms with Crippen LogP contribution in [0.1, 0.15) is 23.2 Å². The number of nitrogens with zero attached hydrogens (tertiary/aromatic N) is 1. The Hall–Kier alpha value is -1.13. The Morgan fingerprint density at radius 1 is 1.50 bits per heavy atom. The molecule has 86 valence electrons. The maximum absolute atomic E-state index is 11.9. The summed E-state index contributed by atoms with van der Waals surface area (Å²) in [5.74, 6) is -0.112. The summed E-state index contributed by atoms with van der Waals surface area (Å²) in [6, 6.07) is 1.89. The molecule has 0 aromatic carbocycles. The molecule has 1 fully saturated rings. The number of aromatic nitrogens is 1. The summed E-state index contributed by atoms with van der Waals surface area (Å²) in [6.07, 6.45) is 4.99. The monoisotopic (exact) mass is 239 g/mol. The maximum atomic E-state index is 11.9. The molecule has 16 heavy (non-hydrogen) atoms. The van der Waals surface area contributed by atoms with Crippen LogP contribution in [-0.2, 0) is 0 Å². The van der Waals surface area contributed by atoms with E-state index in [0.717, 1.165) is 25.9 Å². The molecule has 0 bridgehead atoms. The van der Waals surface area contributed by atoms with E-state index in [1.165, 1.54) is 6.20 Å². The first-order chi connectivity index (χ1) is 7.77. The van der Waals surface area contributed by atoms with Gasteiger partial charge in [-0.25, -0.2) is 0 Å². The second kappa shape index (κ2) is 5.27. The maximum Gasteiger partial charge on any atom is 0.253 e. The zero-order valence-corrected chi connectivity index (χ0v) is 9.63. The highest BCUT2D eigenvalue weighted by Gasteiger charge is 2.17. The van der Waals surface area contributed by atoms with Crippen molar-refractivity contribution in [3.63, 3.8) is 0 Å². The number of rotatable bonds is 2. The number of pyridine rings is 1. The van der Waals surface area contributed by atoms with Gasteiger partial charge < -0.3 is 10.6 Å². The highest BCUT2D eigenvalue weighted by Crippen LogP contribution is 2.14. The summed E-state index contributed by atoms with van der Waals surface area (Å²) < 4.78 is 0. The Bertz CT molecular complexity index is 377. The molecular formula is C11H14ClN3O. The van der Waals surface area contributed by atoms with Gasteiger partial charge in [0.1, 0.15) is 0 Å². The van der Waals surface area contributed by atoms with Gasteiger partial charge in [0.15, 0.2) is 0 Å². The minimum absolute atomic E-state index is 0.112. The van der Waals surface area contributed by atoms with Crippen LogP contribution in [0.5, 0.6) is 0 Å². The molecule has 1 aromatic rings. The zero-order valence-electron chi connectivity index (χ0n) is 8.87.